The number of nitrogens with zero attached hydrogens (tertiary/aromatic N) is 2. The van der Waals surface area contributed by atoms with Crippen molar-refractivity contribution in [1.82, 2.24) is 26.0 Å². The summed E-state index contributed by atoms with van der Waals surface area (Å²) in [4.78, 5) is 11.5. The van der Waals surface area contributed by atoms with Crippen LogP contribution in [0.3, 0.4) is 0 Å². The molecule has 0 aliphatic carbocycles. The summed E-state index contributed by atoms with van der Waals surface area (Å²) in [5.74, 6) is 0. The zero-order valence-corrected chi connectivity index (χ0v) is 13.7. The Bertz CT molecular complexity index is 619. The summed E-state index contributed by atoms with van der Waals surface area (Å²) in [6, 6.07) is 9.87. The van der Waals surface area contributed by atoms with Crippen molar-refractivity contribution in [2.45, 2.75) is 32.9 Å². The summed E-state index contributed by atoms with van der Waals surface area (Å²) in [6.45, 7) is 7.16. The lowest BCUT2D eigenvalue weighted by Crippen LogP contribution is -2.36. The normalized spacial score (nSPS) is 11.3. The van der Waals surface area contributed by atoms with Gasteiger partial charge < -0.3 is 15.4 Å². The van der Waals surface area contributed by atoms with Crippen LogP contribution in [0.25, 0.3) is 11.3 Å². The van der Waals surface area contributed by atoms with E-state index in [1.54, 1.807) is 0 Å². The van der Waals surface area contributed by atoms with Gasteiger partial charge in [0.15, 0.2) is 0 Å². The number of ether oxygens (including phenoxy) is 1. The molecule has 1 heterocycles. The molecular formula is C16H23N5O2. The average Bonchev–Trinajstić information content (AvgIpc) is 2.94. The SMILES string of the molecule is CC(C)(C)OC(=O)NCCNCc1n[nH]nc1-c1ccccc1. The summed E-state index contributed by atoms with van der Waals surface area (Å²) in [5.41, 5.74) is 2.21. The van der Waals surface area contributed by atoms with Crippen LogP contribution in [0.2, 0.25) is 0 Å². The number of nitrogens with one attached hydrogen (secondary N) is 3. The zero-order valence-electron chi connectivity index (χ0n) is 13.7. The van der Waals surface area contributed by atoms with E-state index in [0.717, 1.165) is 17.0 Å². The van der Waals surface area contributed by atoms with Crippen molar-refractivity contribution in [1.29, 1.82) is 0 Å². The highest BCUT2D eigenvalue weighted by molar-refractivity contribution is 5.67. The van der Waals surface area contributed by atoms with Crippen molar-refractivity contribution >= 4 is 6.09 Å². The number of hydrogen-bond acceptors (Lipinski definition) is 5. The van der Waals surface area contributed by atoms with Gasteiger partial charge in [0.05, 0.1) is 0 Å². The number of alkyl carbamates (subject to hydrolysis) is 1. The van der Waals surface area contributed by atoms with E-state index in [4.69, 9.17) is 4.74 Å². The Morgan fingerprint density at radius 3 is 2.61 bits per heavy atom. The molecule has 0 saturated heterocycles. The smallest absolute Gasteiger partial charge is 0.407 e. The first-order valence-corrected chi connectivity index (χ1v) is 7.58. The van der Waals surface area contributed by atoms with Crippen LogP contribution in [-0.4, -0.2) is 40.2 Å². The van der Waals surface area contributed by atoms with Crippen molar-refractivity contribution < 1.29 is 9.53 Å². The van der Waals surface area contributed by atoms with Crippen molar-refractivity contribution in [3.63, 3.8) is 0 Å². The molecule has 1 amide bonds. The van der Waals surface area contributed by atoms with E-state index in [1.807, 2.05) is 51.1 Å². The highest BCUT2D eigenvalue weighted by Gasteiger charge is 2.15. The Hall–Kier alpha value is -2.41. The molecule has 0 unspecified atom stereocenters. The van der Waals surface area contributed by atoms with E-state index in [0.29, 0.717) is 19.6 Å². The fourth-order valence-corrected chi connectivity index (χ4v) is 1.98. The molecule has 1 aromatic carbocycles. The number of hydrogen-bond donors (Lipinski definition) is 3. The third-order valence-corrected chi connectivity index (χ3v) is 2.93. The largest absolute Gasteiger partial charge is 0.444 e. The second-order valence-electron chi connectivity index (χ2n) is 6.09. The first-order chi connectivity index (χ1) is 11.0. The van der Waals surface area contributed by atoms with Crippen LogP contribution in [-0.2, 0) is 11.3 Å². The first-order valence-electron chi connectivity index (χ1n) is 7.58. The van der Waals surface area contributed by atoms with Gasteiger partial charge in [-0.25, -0.2) is 4.79 Å². The molecule has 0 aliphatic heterocycles. The molecule has 2 aromatic rings. The quantitative estimate of drug-likeness (QED) is 0.710. The number of carbonyl (C=O) groups excluding carboxylic acids is 1. The van der Waals surface area contributed by atoms with E-state index < -0.39 is 11.7 Å². The van der Waals surface area contributed by atoms with Gasteiger partial charge in [-0.05, 0) is 20.8 Å². The van der Waals surface area contributed by atoms with Gasteiger partial charge in [-0.2, -0.15) is 15.4 Å². The van der Waals surface area contributed by atoms with E-state index in [2.05, 4.69) is 26.0 Å². The average molecular weight is 317 g/mol. The van der Waals surface area contributed by atoms with Crippen LogP contribution in [0, 0.1) is 0 Å². The number of H-pyrrole nitrogens is 1. The van der Waals surface area contributed by atoms with Gasteiger partial charge in [0.1, 0.15) is 17.0 Å². The molecule has 0 bridgehead atoms. The minimum atomic E-state index is -0.483. The molecule has 1 aromatic heterocycles. The number of carbonyl (C=O) groups is 1. The third kappa shape index (κ3) is 5.71. The topological polar surface area (TPSA) is 91.9 Å². The molecule has 0 fully saturated rings. The molecule has 0 spiro atoms. The Labute approximate surface area is 135 Å². The predicted molar refractivity (Wildman–Crippen MR) is 87.8 cm³/mol. The van der Waals surface area contributed by atoms with Crippen molar-refractivity contribution in [3.05, 3.63) is 36.0 Å². The maximum absolute atomic E-state index is 11.5. The second-order valence-corrected chi connectivity index (χ2v) is 6.09. The first kappa shape index (κ1) is 17.0. The highest BCUT2D eigenvalue weighted by atomic mass is 16.6. The van der Waals surface area contributed by atoms with E-state index in [9.17, 15) is 4.79 Å². The maximum Gasteiger partial charge on any atom is 0.407 e. The summed E-state index contributed by atoms with van der Waals surface area (Å²) >= 11 is 0. The van der Waals surface area contributed by atoms with Crippen LogP contribution in [0.15, 0.2) is 30.3 Å². The number of benzene rings is 1. The fourth-order valence-electron chi connectivity index (χ4n) is 1.98. The highest BCUT2D eigenvalue weighted by Crippen LogP contribution is 2.18. The standard InChI is InChI=1S/C16H23N5O2/c1-16(2,3)23-15(22)18-10-9-17-11-13-14(20-21-19-13)12-7-5-4-6-8-12/h4-8,17H,9-11H2,1-3H3,(H,18,22)(H,19,20,21). The maximum atomic E-state index is 11.5. The molecule has 0 aliphatic rings. The number of amides is 1. The number of aromatic amines is 1. The van der Waals surface area contributed by atoms with Gasteiger partial charge >= 0.3 is 6.09 Å². The zero-order chi connectivity index (χ0) is 16.7. The lowest BCUT2D eigenvalue weighted by Gasteiger charge is -2.19. The van der Waals surface area contributed by atoms with Gasteiger partial charge in [0.25, 0.3) is 0 Å². The van der Waals surface area contributed by atoms with Crippen LogP contribution in [0.5, 0.6) is 0 Å². The van der Waals surface area contributed by atoms with E-state index in [-0.39, 0.29) is 0 Å². The molecule has 0 saturated carbocycles. The van der Waals surface area contributed by atoms with Gasteiger partial charge in [-0.3, -0.25) is 0 Å². The molecule has 2 rings (SSSR count). The third-order valence-electron chi connectivity index (χ3n) is 2.93. The van der Waals surface area contributed by atoms with Crippen molar-refractivity contribution in [2.24, 2.45) is 0 Å². The molecule has 23 heavy (non-hydrogen) atoms. The summed E-state index contributed by atoms with van der Waals surface area (Å²) in [6.07, 6.45) is -0.411. The lowest BCUT2D eigenvalue weighted by molar-refractivity contribution is 0.0528. The number of aromatic nitrogens is 3. The van der Waals surface area contributed by atoms with Gasteiger partial charge in [-0.1, -0.05) is 30.3 Å². The van der Waals surface area contributed by atoms with Crippen LogP contribution >= 0.6 is 0 Å². The Balaban J connectivity index is 1.74. The molecule has 3 N–H and O–H groups in total. The molecule has 7 heteroatoms. The summed E-state index contributed by atoms with van der Waals surface area (Å²) < 4.78 is 5.16. The van der Waals surface area contributed by atoms with Crippen LogP contribution < -0.4 is 10.6 Å². The van der Waals surface area contributed by atoms with E-state index >= 15 is 0 Å². The lowest BCUT2D eigenvalue weighted by atomic mass is 10.1. The minimum absolute atomic E-state index is 0.411. The van der Waals surface area contributed by atoms with Crippen molar-refractivity contribution in [2.75, 3.05) is 13.1 Å². The Kier molecular flexibility index (Phi) is 5.70. The number of rotatable bonds is 6. The monoisotopic (exact) mass is 317 g/mol. The molecule has 124 valence electrons. The van der Waals surface area contributed by atoms with Gasteiger partial charge in [0, 0.05) is 25.2 Å². The molecular weight excluding hydrogens is 294 g/mol. The van der Waals surface area contributed by atoms with Crippen LogP contribution in [0.4, 0.5) is 4.79 Å². The molecule has 0 atom stereocenters. The van der Waals surface area contributed by atoms with Gasteiger partial charge in [-0.15, -0.1) is 0 Å². The Morgan fingerprint density at radius 2 is 1.91 bits per heavy atom. The Morgan fingerprint density at radius 1 is 1.17 bits per heavy atom. The molecule has 7 nitrogen and oxygen atoms in total. The second kappa shape index (κ2) is 7.73. The summed E-state index contributed by atoms with van der Waals surface area (Å²) in [7, 11) is 0. The minimum Gasteiger partial charge on any atom is -0.444 e. The fraction of sp³-hybridized carbons (Fsp3) is 0.438. The van der Waals surface area contributed by atoms with Gasteiger partial charge in [0.2, 0.25) is 0 Å². The van der Waals surface area contributed by atoms with Crippen LogP contribution in [0.1, 0.15) is 26.5 Å². The van der Waals surface area contributed by atoms with E-state index in [1.165, 1.54) is 0 Å². The molecule has 0 radical (unpaired) electrons. The predicted octanol–water partition coefficient (Wildman–Crippen LogP) is 2.09. The van der Waals surface area contributed by atoms with Crippen molar-refractivity contribution in [3.8, 4) is 11.3 Å². The summed E-state index contributed by atoms with van der Waals surface area (Å²) in [5, 5.41) is 16.9.